The molecular weight excluding hydrogens is 360 g/mol. The molecule has 0 radical (unpaired) electrons. The van der Waals surface area contributed by atoms with Crippen LogP contribution < -0.4 is 14.2 Å². The van der Waals surface area contributed by atoms with E-state index in [0.717, 1.165) is 11.3 Å². The number of rotatable bonds is 6. The van der Waals surface area contributed by atoms with Crippen molar-refractivity contribution in [3.05, 3.63) is 40.6 Å². The van der Waals surface area contributed by atoms with E-state index in [1.54, 1.807) is 23.5 Å². The lowest BCUT2D eigenvalue weighted by atomic mass is 10.2. The normalized spacial score (nSPS) is 15.8. The Labute approximate surface area is 152 Å². The summed E-state index contributed by atoms with van der Waals surface area (Å²) in [7, 11) is 0.241. The standard InChI is InChI=1S/C17H22N2O4S2/c1-19(2)14(17-5-3-10-24-17)12-18-25(20,21)13-6-7-15-16(11-13)23-9-4-8-22-15/h3,5-7,10-11,14,18H,4,8-9,12H2,1-2H3. The monoisotopic (exact) mass is 382 g/mol. The third-order valence-electron chi connectivity index (χ3n) is 3.99. The van der Waals surface area contributed by atoms with Crippen LogP contribution in [0.25, 0.3) is 0 Å². The van der Waals surface area contributed by atoms with E-state index < -0.39 is 10.0 Å². The Morgan fingerprint density at radius 1 is 1.20 bits per heavy atom. The molecule has 0 amide bonds. The minimum Gasteiger partial charge on any atom is -0.490 e. The van der Waals surface area contributed by atoms with Crippen molar-refractivity contribution in [2.45, 2.75) is 17.4 Å². The largest absolute Gasteiger partial charge is 0.490 e. The maximum atomic E-state index is 12.7. The fraction of sp³-hybridized carbons (Fsp3) is 0.412. The van der Waals surface area contributed by atoms with Gasteiger partial charge >= 0.3 is 0 Å². The Morgan fingerprint density at radius 3 is 2.64 bits per heavy atom. The summed E-state index contributed by atoms with van der Waals surface area (Å²) in [6.45, 7) is 1.39. The molecule has 0 saturated heterocycles. The minimum absolute atomic E-state index is 0.0183. The maximum absolute atomic E-state index is 12.7. The van der Waals surface area contributed by atoms with Crippen LogP contribution in [-0.2, 0) is 10.0 Å². The van der Waals surface area contributed by atoms with Crippen LogP contribution in [0.1, 0.15) is 17.3 Å². The number of hydrogen-bond acceptors (Lipinski definition) is 6. The number of nitrogens with one attached hydrogen (secondary N) is 1. The number of hydrogen-bond donors (Lipinski definition) is 1. The first-order chi connectivity index (χ1) is 12.0. The lowest BCUT2D eigenvalue weighted by Crippen LogP contribution is -2.34. The number of thiophene rings is 1. The van der Waals surface area contributed by atoms with E-state index >= 15 is 0 Å². The Morgan fingerprint density at radius 2 is 1.96 bits per heavy atom. The van der Waals surface area contributed by atoms with Gasteiger partial charge in [0.15, 0.2) is 11.5 Å². The van der Waals surface area contributed by atoms with Crippen molar-refractivity contribution in [2.75, 3.05) is 33.9 Å². The number of nitrogens with zero attached hydrogens (tertiary/aromatic N) is 1. The van der Waals surface area contributed by atoms with Crippen molar-refractivity contribution in [2.24, 2.45) is 0 Å². The molecule has 1 aliphatic heterocycles. The maximum Gasteiger partial charge on any atom is 0.240 e. The molecule has 2 aromatic rings. The topological polar surface area (TPSA) is 67.9 Å². The van der Waals surface area contributed by atoms with E-state index in [0.29, 0.717) is 31.3 Å². The summed E-state index contributed by atoms with van der Waals surface area (Å²) in [5.74, 6) is 1.06. The molecular formula is C17H22N2O4S2. The number of ether oxygens (including phenoxy) is 2. The van der Waals surface area contributed by atoms with Crippen LogP contribution in [0.5, 0.6) is 11.5 Å². The zero-order chi connectivity index (χ0) is 17.9. The SMILES string of the molecule is CN(C)C(CNS(=O)(=O)c1ccc2c(c1)OCCCO2)c1cccs1. The summed E-state index contributed by atoms with van der Waals surface area (Å²) < 4.78 is 39.2. The highest BCUT2D eigenvalue weighted by atomic mass is 32.2. The Bertz CT molecular complexity index is 804. The molecule has 0 fully saturated rings. The fourth-order valence-corrected chi connectivity index (χ4v) is 4.58. The first-order valence-electron chi connectivity index (χ1n) is 8.06. The lowest BCUT2D eigenvalue weighted by molar-refractivity contribution is 0.296. The molecule has 1 aromatic carbocycles. The molecule has 1 aliphatic rings. The van der Waals surface area contributed by atoms with Crippen LogP contribution in [0, 0.1) is 0 Å². The molecule has 1 aromatic heterocycles. The van der Waals surface area contributed by atoms with Crippen LogP contribution >= 0.6 is 11.3 Å². The summed E-state index contributed by atoms with van der Waals surface area (Å²) in [5.41, 5.74) is 0. The van der Waals surface area contributed by atoms with Crippen molar-refractivity contribution in [3.63, 3.8) is 0 Å². The van der Waals surface area contributed by atoms with Crippen molar-refractivity contribution in [1.82, 2.24) is 9.62 Å². The smallest absolute Gasteiger partial charge is 0.240 e. The van der Waals surface area contributed by atoms with Gasteiger partial charge in [-0.2, -0.15) is 0 Å². The number of likely N-dealkylation sites (N-methyl/N-ethyl adjacent to an activating group) is 1. The van der Waals surface area contributed by atoms with Gasteiger partial charge in [0.1, 0.15) is 0 Å². The van der Waals surface area contributed by atoms with Crippen LogP contribution in [-0.4, -0.2) is 47.2 Å². The van der Waals surface area contributed by atoms with Crippen molar-refractivity contribution < 1.29 is 17.9 Å². The van der Waals surface area contributed by atoms with E-state index in [4.69, 9.17) is 9.47 Å². The Kier molecular flexibility index (Phi) is 5.63. The summed E-state index contributed by atoms with van der Waals surface area (Å²) in [5, 5.41) is 1.99. The van der Waals surface area contributed by atoms with E-state index in [1.807, 2.05) is 36.5 Å². The zero-order valence-corrected chi connectivity index (χ0v) is 15.9. The van der Waals surface area contributed by atoms with Gasteiger partial charge in [0.05, 0.1) is 24.2 Å². The third-order valence-corrected chi connectivity index (χ3v) is 6.39. The van der Waals surface area contributed by atoms with Crippen LogP contribution in [0.3, 0.4) is 0 Å². The first-order valence-corrected chi connectivity index (χ1v) is 10.4. The van der Waals surface area contributed by atoms with Crippen LogP contribution in [0.4, 0.5) is 0 Å². The summed E-state index contributed by atoms with van der Waals surface area (Å²) in [6.07, 6.45) is 0.778. The predicted octanol–water partition coefficient (Wildman–Crippen LogP) is 2.49. The molecule has 0 saturated carbocycles. The van der Waals surface area contributed by atoms with Crippen molar-refractivity contribution in [1.29, 1.82) is 0 Å². The number of sulfonamides is 1. The van der Waals surface area contributed by atoms with E-state index in [9.17, 15) is 8.42 Å². The van der Waals surface area contributed by atoms with E-state index in [1.165, 1.54) is 6.07 Å². The second-order valence-electron chi connectivity index (χ2n) is 6.01. The van der Waals surface area contributed by atoms with Gasteiger partial charge in [-0.15, -0.1) is 11.3 Å². The molecule has 25 heavy (non-hydrogen) atoms. The van der Waals surface area contributed by atoms with Gasteiger partial charge in [-0.25, -0.2) is 13.1 Å². The quantitative estimate of drug-likeness (QED) is 0.831. The van der Waals surface area contributed by atoms with Gasteiger partial charge in [0.2, 0.25) is 10.0 Å². The molecule has 3 rings (SSSR count). The van der Waals surface area contributed by atoms with Crippen molar-refractivity contribution >= 4 is 21.4 Å². The molecule has 136 valence electrons. The predicted molar refractivity (Wildman–Crippen MR) is 98.0 cm³/mol. The number of fused-ring (bicyclic) bond motifs is 1. The summed E-state index contributed by atoms with van der Waals surface area (Å²) in [6, 6.07) is 8.68. The highest BCUT2D eigenvalue weighted by molar-refractivity contribution is 7.89. The molecule has 0 bridgehead atoms. The lowest BCUT2D eigenvalue weighted by Gasteiger charge is -2.23. The third kappa shape index (κ3) is 4.33. The van der Waals surface area contributed by atoms with Gasteiger partial charge in [-0.05, 0) is 37.7 Å². The average molecular weight is 383 g/mol. The Balaban J connectivity index is 1.76. The summed E-state index contributed by atoms with van der Waals surface area (Å²) in [4.78, 5) is 3.30. The molecule has 0 spiro atoms. The Hall–Kier alpha value is -1.61. The second kappa shape index (κ2) is 7.74. The average Bonchev–Trinajstić information content (AvgIpc) is 2.98. The second-order valence-corrected chi connectivity index (χ2v) is 8.75. The molecule has 1 N–H and O–H groups in total. The highest BCUT2D eigenvalue weighted by Crippen LogP contribution is 2.32. The summed E-state index contributed by atoms with van der Waals surface area (Å²) >= 11 is 1.61. The first kappa shape index (κ1) is 18.2. The molecule has 0 aliphatic carbocycles. The van der Waals surface area contributed by atoms with Gasteiger partial charge in [0.25, 0.3) is 0 Å². The van der Waals surface area contributed by atoms with Gasteiger partial charge in [0, 0.05) is 23.9 Å². The van der Waals surface area contributed by atoms with Crippen molar-refractivity contribution in [3.8, 4) is 11.5 Å². The highest BCUT2D eigenvalue weighted by Gasteiger charge is 2.22. The van der Waals surface area contributed by atoms with Crippen LogP contribution in [0.2, 0.25) is 0 Å². The minimum atomic E-state index is -3.63. The molecule has 8 heteroatoms. The molecule has 2 heterocycles. The fourth-order valence-electron chi connectivity index (χ4n) is 2.60. The van der Waals surface area contributed by atoms with Gasteiger partial charge < -0.3 is 14.4 Å². The molecule has 1 atom stereocenters. The van der Waals surface area contributed by atoms with Gasteiger partial charge in [-0.3, -0.25) is 0 Å². The van der Waals surface area contributed by atoms with E-state index in [2.05, 4.69) is 4.72 Å². The van der Waals surface area contributed by atoms with Gasteiger partial charge in [-0.1, -0.05) is 6.07 Å². The van der Waals surface area contributed by atoms with Crippen LogP contribution in [0.15, 0.2) is 40.6 Å². The number of benzene rings is 1. The van der Waals surface area contributed by atoms with E-state index in [-0.39, 0.29) is 10.9 Å². The zero-order valence-electron chi connectivity index (χ0n) is 14.3. The molecule has 6 nitrogen and oxygen atoms in total. The molecule has 1 unspecified atom stereocenters.